The van der Waals surface area contributed by atoms with Gasteiger partial charge in [0.05, 0.1) is 35.5 Å². The standard InChI is InChI=1S/C23H22FN11O/c1-33-11-19(10-32-33)21-26-6-17(7-27-21)2-3-18-8-28-22(29-9-18)34-4-5-35(20(12-34)13-36-14-24)23-30-15-25-16-31-23/h6-11,15-16,20H,4-5,12-14H2,1H3/t20-/m1/s1. The number of alkyl halides is 1. The molecule has 0 radical (unpaired) electrons. The van der Waals surface area contributed by atoms with Crippen molar-refractivity contribution in [1.29, 1.82) is 0 Å². The molecule has 182 valence electrons. The zero-order chi connectivity index (χ0) is 24.7. The SMILES string of the molecule is Cn1cc(-c2ncc(C#Cc3cnc(N4CCN(c5ncncn5)[C@@H](COCF)C4)nc3)cn2)cn1. The lowest BCUT2D eigenvalue weighted by Crippen LogP contribution is -2.56. The average molecular weight is 488 g/mol. The Kier molecular flexibility index (Phi) is 6.95. The number of ether oxygens (including phenoxy) is 1. The van der Waals surface area contributed by atoms with E-state index in [1.807, 2.05) is 23.0 Å². The van der Waals surface area contributed by atoms with Gasteiger partial charge in [-0.1, -0.05) is 11.8 Å². The minimum Gasteiger partial charge on any atom is -0.348 e. The van der Waals surface area contributed by atoms with Crippen LogP contribution in [0.4, 0.5) is 16.3 Å². The van der Waals surface area contributed by atoms with Crippen LogP contribution in [0.3, 0.4) is 0 Å². The third-order valence-electron chi connectivity index (χ3n) is 5.49. The molecule has 13 heteroatoms. The summed E-state index contributed by atoms with van der Waals surface area (Å²) in [5.41, 5.74) is 2.18. The van der Waals surface area contributed by atoms with Gasteiger partial charge in [0.2, 0.25) is 11.9 Å². The van der Waals surface area contributed by atoms with E-state index < -0.39 is 6.86 Å². The smallest absolute Gasteiger partial charge is 0.228 e. The van der Waals surface area contributed by atoms with Gasteiger partial charge >= 0.3 is 0 Å². The van der Waals surface area contributed by atoms with Gasteiger partial charge in [0, 0.05) is 57.7 Å². The first-order valence-corrected chi connectivity index (χ1v) is 11.1. The van der Waals surface area contributed by atoms with Crippen molar-refractivity contribution in [3.63, 3.8) is 0 Å². The Hall–Kier alpha value is -4.57. The second-order valence-corrected chi connectivity index (χ2v) is 7.93. The van der Waals surface area contributed by atoms with E-state index in [0.717, 1.165) is 5.56 Å². The van der Waals surface area contributed by atoms with Gasteiger partial charge in [0.15, 0.2) is 12.7 Å². The van der Waals surface area contributed by atoms with Gasteiger partial charge in [-0.3, -0.25) is 4.68 Å². The monoisotopic (exact) mass is 487 g/mol. The molecule has 0 aliphatic carbocycles. The molecule has 12 nitrogen and oxygen atoms in total. The highest BCUT2D eigenvalue weighted by molar-refractivity contribution is 5.52. The van der Waals surface area contributed by atoms with E-state index in [1.54, 1.807) is 35.7 Å². The molecular weight excluding hydrogens is 465 g/mol. The van der Waals surface area contributed by atoms with Crippen LogP contribution in [0.2, 0.25) is 0 Å². The van der Waals surface area contributed by atoms with E-state index in [1.165, 1.54) is 12.7 Å². The van der Waals surface area contributed by atoms with Crippen LogP contribution in [-0.4, -0.2) is 83.8 Å². The predicted molar refractivity (Wildman–Crippen MR) is 127 cm³/mol. The number of nitrogens with zero attached hydrogens (tertiary/aromatic N) is 11. The summed E-state index contributed by atoms with van der Waals surface area (Å²) >= 11 is 0. The second-order valence-electron chi connectivity index (χ2n) is 7.93. The lowest BCUT2D eigenvalue weighted by molar-refractivity contribution is 0.0473. The Morgan fingerprint density at radius 3 is 2.25 bits per heavy atom. The van der Waals surface area contributed by atoms with Gasteiger partial charge in [-0.2, -0.15) is 5.10 Å². The van der Waals surface area contributed by atoms with Crippen LogP contribution >= 0.6 is 0 Å². The molecule has 1 atom stereocenters. The van der Waals surface area contributed by atoms with Crippen molar-refractivity contribution in [3.8, 4) is 23.2 Å². The minimum absolute atomic E-state index is 0.172. The summed E-state index contributed by atoms with van der Waals surface area (Å²) in [7, 11) is 1.84. The molecule has 1 saturated heterocycles. The van der Waals surface area contributed by atoms with Crippen molar-refractivity contribution in [2.24, 2.45) is 7.05 Å². The molecule has 36 heavy (non-hydrogen) atoms. The number of aryl methyl sites for hydroxylation is 1. The maximum Gasteiger partial charge on any atom is 0.228 e. The van der Waals surface area contributed by atoms with Gasteiger partial charge in [-0.15, -0.1) is 0 Å². The van der Waals surface area contributed by atoms with E-state index in [-0.39, 0.29) is 12.6 Å². The number of aromatic nitrogens is 9. The van der Waals surface area contributed by atoms with Crippen LogP contribution in [-0.2, 0) is 11.8 Å². The molecule has 0 N–H and O–H groups in total. The van der Waals surface area contributed by atoms with Crippen molar-refractivity contribution in [2.75, 3.05) is 42.9 Å². The molecule has 4 aromatic rings. The number of rotatable bonds is 6. The van der Waals surface area contributed by atoms with Gasteiger partial charge in [-0.25, -0.2) is 39.3 Å². The van der Waals surface area contributed by atoms with Crippen molar-refractivity contribution in [1.82, 2.24) is 44.7 Å². The van der Waals surface area contributed by atoms with Crippen LogP contribution in [0.5, 0.6) is 0 Å². The number of hydrogen-bond acceptors (Lipinski definition) is 11. The zero-order valence-electron chi connectivity index (χ0n) is 19.4. The molecule has 0 spiro atoms. The molecule has 0 aromatic carbocycles. The van der Waals surface area contributed by atoms with E-state index >= 15 is 0 Å². The Morgan fingerprint density at radius 2 is 1.61 bits per heavy atom. The molecule has 1 fully saturated rings. The number of halogens is 1. The molecule has 5 rings (SSSR count). The summed E-state index contributed by atoms with van der Waals surface area (Å²) < 4.78 is 19.4. The van der Waals surface area contributed by atoms with Crippen LogP contribution in [0.1, 0.15) is 11.1 Å². The summed E-state index contributed by atoms with van der Waals surface area (Å²) in [6.45, 7) is 1.09. The minimum atomic E-state index is -0.858. The summed E-state index contributed by atoms with van der Waals surface area (Å²) in [6.07, 6.45) is 13.1. The molecule has 0 bridgehead atoms. The van der Waals surface area contributed by atoms with Crippen LogP contribution in [0.25, 0.3) is 11.4 Å². The normalized spacial score (nSPS) is 15.4. The molecular formula is C23H22FN11O. The third-order valence-corrected chi connectivity index (χ3v) is 5.49. The quantitative estimate of drug-likeness (QED) is 0.360. The molecule has 1 aliphatic rings. The van der Waals surface area contributed by atoms with E-state index in [9.17, 15) is 4.39 Å². The highest BCUT2D eigenvalue weighted by Crippen LogP contribution is 2.19. The van der Waals surface area contributed by atoms with Crippen molar-refractivity contribution in [2.45, 2.75) is 6.04 Å². The largest absolute Gasteiger partial charge is 0.348 e. The lowest BCUT2D eigenvalue weighted by Gasteiger charge is -2.41. The zero-order valence-corrected chi connectivity index (χ0v) is 19.4. The van der Waals surface area contributed by atoms with Gasteiger partial charge in [0.25, 0.3) is 0 Å². The Bertz CT molecular complexity index is 1340. The maximum absolute atomic E-state index is 12.7. The first-order chi connectivity index (χ1) is 17.7. The molecule has 0 saturated carbocycles. The van der Waals surface area contributed by atoms with Crippen LogP contribution in [0, 0.1) is 11.8 Å². The highest BCUT2D eigenvalue weighted by Gasteiger charge is 2.30. The summed E-state index contributed by atoms with van der Waals surface area (Å²) in [5, 5.41) is 4.13. The molecule has 5 heterocycles. The fourth-order valence-electron chi connectivity index (χ4n) is 3.78. The van der Waals surface area contributed by atoms with E-state index in [0.29, 0.717) is 48.5 Å². The molecule has 0 unspecified atom stereocenters. The summed E-state index contributed by atoms with van der Waals surface area (Å²) in [6, 6.07) is -0.172. The Morgan fingerprint density at radius 1 is 0.917 bits per heavy atom. The molecule has 4 aromatic heterocycles. The number of piperazine rings is 1. The van der Waals surface area contributed by atoms with Gasteiger partial charge in [0.1, 0.15) is 12.7 Å². The fraction of sp³-hybridized carbons (Fsp3) is 0.304. The van der Waals surface area contributed by atoms with Crippen LogP contribution in [0.15, 0.2) is 49.8 Å². The van der Waals surface area contributed by atoms with Crippen molar-refractivity contribution < 1.29 is 9.13 Å². The van der Waals surface area contributed by atoms with E-state index in [4.69, 9.17) is 4.74 Å². The predicted octanol–water partition coefficient (Wildman–Crippen LogP) is 0.891. The highest BCUT2D eigenvalue weighted by atomic mass is 19.1. The maximum atomic E-state index is 12.7. The lowest BCUT2D eigenvalue weighted by atomic mass is 10.2. The van der Waals surface area contributed by atoms with E-state index in [2.05, 4.69) is 51.8 Å². The third kappa shape index (κ3) is 5.39. The number of anilines is 2. The van der Waals surface area contributed by atoms with Gasteiger partial charge < -0.3 is 14.5 Å². The van der Waals surface area contributed by atoms with Crippen LogP contribution < -0.4 is 9.80 Å². The van der Waals surface area contributed by atoms with Crippen molar-refractivity contribution >= 4 is 11.9 Å². The average Bonchev–Trinajstić information content (AvgIpc) is 3.38. The molecule has 1 aliphatic heterocycles. The Balaban J connectivity index is 1.24. The van der Waals surface area contributed by atoms with Gasteiger partial charge in [-0.05, 0) is 0 Å². The number of hydrogen-bond donors (Lipinski definition) is 0. The summed E-state index contributed by atoms with van der Waals surface area (Å²) in [5.74, 6) is 7.75. The second kappa shape index (κ2) is 10.8. The fourth-order valence-corrected chi connectivity index (χ4v) is 3.78. The summed E-state index contributed by atoms with van der Waals surface area (Å²) in [4.78, 5) is 33.9. The first-order valence-electron chi connectivity index (χ1n) is 11.1. The van der Waals surface area contributed by atoms with Crippen molar-refractivity contribution in [3.05, 3.63) is 61.0 Å². The topological polar surface area (TPSA) is 124 Å². The first kappa shape index (κ1) is 23.2. The molecule has 0 amide bonds. The Labute approximate surface area is 206 Å².